The third-order valence-electron chi connectivity index (χ3n) is 3.18. The highest BCUT2D eigenvalue weighted by Gasteiger charge is 2.44. The number of aliphatic hydroxyl groups excluding tert-OH is 1. The van der Waals surface area contributed by atoms with Gasteiger partial charge in [-0.1, -0.05) is 5.92 Å². The molecule has 0 aromatic heterocycles. The lowest BCUT2D eigenvalue weighted by atomic mass is 9.78. The van der Waals surface area contributed by atoms with Crippen molar-refractivity contribution >= 4 is 0 Å². The first-order chi connectivity index (χ1) is 6.29. The number of terminal acetylenes is 1. The lowest BCUT2D eigenvalue weighted by molar-refractivity contribution is -0.0724. The Morgan fingerprint density at radius 2 is 1.71 bits per heavy atom. The Kier molecular flexibility index (Phi) is 2.94. The van der Waals surface area contributed by atoms with Crippen LogP contribution in [0.25, 0.3) is 0 Å². The molecule has 1 fully saturated rings. The SMILES string of the molecule is C#CCN1C(C)(C)CC(O)CC1(C)C. The van der Waals surface area contributed by atoms with Crippen LogP contribution in [-0.4, -0.2) is 33.7 Å². The van der Waals surface area contributed by atoms with Crippen molar-refractivity contribution in [1.29, 1.82) is 0 Å². The molecule has 1 heterocycles. The maximum Gasteiger partial charge on any atom is 0.0608 e. The summed E-state index contributed by atoms with van der Waals surface area (Å²) in [5.74, 6) is 2.71. The third kappa shape index (κ3) is 2.10. The van der Waals surface area contributed by atoms with Crippen LogP contribution >= 0.6 is 0 Å². The highest BCUT2D eigenvalue weighted by molar-refractivity contribution is 5.04. The second kappa shape index (κ2) is 3.56. The predicted molar refractivity (Wildman–Crippen MR) is 58.9 cm³/mol. The minimum absolute atomic E-state index is 0.00641. The first-order valence-electron chi connectivity index (χ1n) is 5.19. The fourth-order valence-electron chi connectivity index (χ4n) is 2.78. The second-order valence-electron chi connectivity index (χ2n) is 5.48. The van der Waals surface area contributed by atoms with Crippen LogP contribution in [0.4, 0.5) is 0 Å². The number of nitrogens with zero attached hydrogens (tertiary/aromatic N) is 1. The fourth-order valence-corrected chi connectivity index (χ4v) is 2.78. The van der Waals surface area contributed by atoms with Crippen molar-refractivity contribution in [2.24, 2.45) is 0 Å². The van der Waals surface area contributed by atoms with Gasteiger partial charge in [-0.25, -0.2) is 0 Å². The Bertz CT molecular complexity index is 232. The molecule has 0 aromatic rings. The minimum atomic E-state index is -0.200. The van der Waals surface area contributed by atoms with Gasteiger partial charge in [0.25, 0.3) is 0 Å². The molecule has 0 bridgehead atoms. The van der Waals surface area contributed by atoms with Gasteiger partial charge in [-0.05, 0) is 40.5 Å². The lowest BCUT2D eigenvalue weighted by Gasteiger charge is -2.53. The molecule has 0 aliphatic carbocycles. The zero-order valence-corrected chi connectivity index (χ0v) is 9.67. The molecule has 1 rings (SSSR count). The standard InChI is InChI=1S/C12H21NO/c1-6-7-13-11(2,3)8-10(14)9-12(13,4)5/h1,10,14H,7-9H2,2-5H3. The molecule has 14 heavy (non-hydrogen) atoms. The molecule has 2 heteroatoms. The van der Waals surface area contributed by atoms with Crippen molar-refractivity contribution in [3.8, 4) is 12.3 Å². The predicted octanol–water partition coefficient (Wildman–Crippen LogP) is 1.63. The number of aliphatic hydroxyl groups is 1. The summed E-state index contributed by atoms with van der Waals surface area (Å²) in [6.45, 7) is 9.25. The highest BCUT2D eigenvalue weighted by Crippen LogP contribution is 2.37. The highest BCUT2D eigenvalue weighted by atomic mass is 16.3. The normalized spacial score (nSPS) is 27.1. The quantitative estimate of drug-likeness (QED) is 0.643. The number of hydrogen-bond acceptors (Lipinski definition) is 2. The Morgan fingerprint density at radius 1 is 1.29 bits per heavy atom. The topological polar surface area (TPSA) is 23.5 Å². The van der Waals surface area contributed by atoms with E-state index in [1.165, 1.54) is 0 Å². The molecule has 80 valence electrons. The second-order valence-corrected chi connectivity index (χ2v) is 5.48. The van der Waals surface area contributed by atoms with E-state index in [2.05, 4.69) is 38.5 Å². The Balaban J connectivity index is 2.92. The minimum Gasteiger partial charge on any atom is -0.393 e. The number of likely N-dealkylation sites (tertiary alicyclic amines) is 1. The summed E-state index contributed by atoms with van der Waals surface area (Å²) >= 11 is 0. The molecule has 2 nitrogen and oxygen atoms in total. The zero-order chi connectivity index (χ0) is 11.0. The number of piperidine rings is 1. The molecule has 0 saturated carbocycles. The fraction of sp³-hybridized carbons (Fsp3) is 0.833. The third-order valence-corrected chi connectivity index (χ3v) is 3.18. The summed E-state index contributed by atoms with van der Waals surface area (Å²) in [7, 11) is 0. The van der Waals surface area contributed by atoms with Gasteiger partial charge < -0.3 is 5.11 Å². The molecular formula is C12H21NO. The summed E-state index contributed by atoms with van der Waals surface area (Å²) in [5.41, 5.74) is -0.0128. The van der Waals surface area contributed by atoms with Crippen molar-refractivity contribution in [1.82, 2.24) is 4.90 Å². The van der Waals surface area contributed by atoms with Crippen molar-refractivity contribution in [3.63, 3.8) is 0 Å². The molecule has 1 saturated heterocycles. The van der Waals surface area contributed by atoms with Crippen LogP contribution in [0.2, 0.25) is 0 Å². The molecule has 0 spiro atoms. The molecule has 0 radical (unpaired) electrons. The van der Waals surface area contributed by atoms with Crippen LogP contribution in [-0.2, 0) is 0 Å². The van der Waals surface area contributed by atoms with Crippen LogP contribution in [0.3, 0.4) is 0 Å². The van der Waals surface area contributed by atoms with Crippen LogP contribution in [0, 0.1) is 12.3 Å². The summed E-state index contributed by atoms with van der Waals surface area (Å²) in [4.78, 5) is 2.31. The van der Waals surface area contributed by atoms with E-state index in [9.17, 15) is 5.11 Å². The van der Waals surface area contributed by atoms with E-state index in [-0.39, 0.29) is 17.2 Å². The smallest absolute Gasteiger partial charge is 0.0608 e. The average molecular weight is 195 g/mol. The van der Waals surface area contributed by atoms with E-state index in [0.717, 1.165) is 12.8 Å². The molecule has 1 N–H and O–H groups in total. The molecule has 1 aliphatic heterocycles. The summed E-state index contributed by atoms with van der Waals surface area (Å²) in [6.07, 6.45) is 6.79. The monoisotopic (exact) mass is 195 g/mol. The first kappa shape index (κ1) is 11.6. The maximum atomic E-state index is 9.79. The van der Waals surface area contributed by atoms with Crippen molar-refractivity contribution in [3.05, 3.63) is 0 Å². The summed E-state index contributed by atoms with van der Waals surface area (Å²) in [6, 6.07) is 0. The summed E-state index contributed by atoms with van der Waals surface area (Å²) < 4.78 is 0. The van der Waals surface area contributed by atoms with Gasteiger partial charge >= 0.3 is 0 Å². The van der Waals surface area contributed by atoms with Crippen molar-refractivity contribution < 1.29 is 5.11 Å². The van der Waals surface area contributed by atoms with Crippen LogP contribution in [0.1, 0.15) is 40.5 Å². The molecule has 0 unspecified atom stereocenters. The van der Waals surface area contributed by atoms with Gasteiger partial charge in [0.2, 0.25) is 0 Å². The van der Waals surface area contributed by atoms with Crippen molar-refractivity contribution in [2.45, 2.75) is 57.7 Å². The Labute approximate surface area is 87.3 Å². The number of rotatable bonds is 1. The molecule has 1 aliphatic rings. The van der Waals surface area contributed by atoms with Crippen LogP contribution < -0.4 is 0 Å². The number of hydrogen-bond donors (Lipinski definition) is 1. The Morgan fingerprint density at radius 3 is 2.07 bits per heavy atom. The zero-order valence-electron chi connectivity index (χ0n) is 9.67. The van der Waals surface area contributed by atoms with Crippen LogP contribution in [0.5, 0.6) is 0 Å². The van der Waals surface area contributed by atoms with Gasteiger partial charge in [0.1, 0.15) is 0 Å². The van der Waals surface area contributed by atoms with E-state index >= 15 is 0 Å². The van der Waals surface area contributed by atoms with Gasteiger partial charge in [-0.3, -0.25) is 4.90 Å². The first-order valence-corrected chi connectivity index (χ1v) is 5.19. The lowest BCUT2D eigenvalue weighted by Crippen LogP contribution is -2.61. The molecule has 0 atom stereocenters. The molecular weight excluding hydrogens is 174 g/mol. The maximum absolute atomic E-state index is 9.79. The summed E-state index contributed by atoms with van der Waals surface area (Å²) in [5, 5.41) is 9.79. The van der Waals surface area contributed by atoms with Crippen LogP contribution in [0.15, 0.2) is 0 Å². The van der Waals surface area contributed by atoms with E-state index in [0.29, 0.717) is 6.54 Å². The van der Waals surface area contributed by atoms with Gasteiger partial charge in [0.05, 0.1) is 12.6 Å². The van der Waals surface area contributed by atoms with Gasteiger partial charge in [0.15, 0.2) is 0 Å². The molecule has 0 amide bonds. The molecule has 0 aromatic carbocycles. The van der Waals surface area contributed by atoms with E-state index in [4.69, 9.17) is 6.42 Å². The van der Waals surface area contributed by atoms with E-state index in [1.807, 2.05) is 0 Å². The average Bonchev–Trinajstić information content (AvgIpc) is 1.94. The Hall–Kier alpha value is -0.520. The largest absolute Gasteiger partial charge is 0.393 e. The van der Waals surface area contributed by atoms with E-state index in [1.54, 1.807) is 0 Å². The van der Waals surface area contributed by atoms with Crippen molar-refractivity contribution in [2.75, 3.05) is 6.54 Å². The van der Waals surface area contributed by atoms with Gasteiger partial charge in [-0.15, -0.1) is 6.42 Å². The van der Waals surface area contributed by atoms with E-state index < -0.39 is 0 Å². The van der Waals surface area contributed by atoms with Gasteiger partial charge in [-0.2, -0.15) is 0 Å². The van der Waals surface area contributed by atoms with Gasteiger partial charge in [0, 0.05) is 11.1 Å².